The van der Waals surface area contributed by atoms with Crippen LogP contribution in [0.4, 0.5) is 5.69 Å². The van der Waals surface area contributed by atoms with E-state index in [0.29, 0.717) is 13.0 Å². The number of hydrogen-bond acceptors (Lipinski definition) is 7. The van der Waals surface area contributed by atoms with Crippen molar-refractivity contribution in [2.24, 2.45) is 5.92 Å². The molecule has 2 saturated heterocycles. The van der Waals surface area contributed by atoms with Crippen molar-refractivity contribution >= 4 is 17.5 Å². The summed E-state index contributed by atoms with van der Waals surface area (Å²) in [5.74, 6) is 0.0682. The van der Waals surface area contributed by atoms with E-state index in [1.165, 1.54) is 6.92 Å². The fourth-order valence-corrected chi connectivity index (χ4v) is 5.17. The number of morpholine rings is 1. The molecule has 0 aromatic heterocycles. The maximum atomic E-state index is 12.4. The Labute approximate surface area is 237 Å². The van der Waals surface area contributed by atoms with Crippen LogP contribution in [-0.4, -0.2) is 67.3 Å². The number of hydrogen-bond donors (Lipinski definition) is 3. The summed E-state index contributed by atoms with van der Waals surface area (Å²) in [6, 6.07) is 15.6. The second-order valence-corrected chi connectivity index (χ2v) is 10.7. The van der Waals surface area contributed by atoms with Gasteiger partial charge in [0.25, 0.3) is 0 Å². The third kappa shape index (κ3) is 8.84. The second-order valence-electron chi connectivity index (χ2n) is 10.7. The molecule has 2 aliphatic heterocycles. The number of unbranched alkanes of at least 4 members (excludes halogenated alkanes) is 2. The molecule has 4 atom stereocenters. The predicted octanol–water partition coefficient (Wildman–Crippen LogP) is 3.94. The fourth-order valence-electron chi connectivity index (χ4n) is 5.17. The van der Waals surface area contributed by atoms with Gasteiger partial charge < -0.3 is 30.0 Å². The van der Waals surface area contributed by atoms with Crippen LogP contribution in [0.1, 0.15) is 68.6 Å². The van der Waals surface area contributed by atoms with Gasteiger partial charge in [0.15, 0.2) is 6.29 Å². The molecule has 3 N–H and O–H groups in total. The number of aliphatic hydroxyl groups excluding tert-OH is 1. The van der Waals surface area contributed by atoms with Crippen LogP contribution in [0.3, 0.4) is 0 Å². The van der Waals surface area contributed by atoms with Crippen LogP contribution in [-0.2, 0) is 30.4 Å². The van der Waals surface area contributed by atoms with Crippen LogP contribution >= 0.6 is 0 Å². The Hall–Kier alpha value is -2.82. The van der Waals surface area contributed by atoms with Crippen LogP contribution in [0.5, 0.6) is 0 Å². The van der Waals surface area contributed by atoms with Crippen LogP contribution in [0.15, 0.2) is 48.5 Å². The molecule has 4 rings (SSSR count). The fraction of sp³-hybridized carbons (Fsp3) is 0.548. The van der Waals surface area contributed by atoms with E-state index in [9.17, 15) is 14.7 Å². The van der Waals surface area contributed by atoms with Crippen molar-refractivity contribution in [1.29, 1.82) is 0 Å². The zero-order valence-corrected chi connectivity index (χ0v) is 23.6. The number of carbonyl (C=O) groups is 2. The summed E-state index contributed by atoms with van der Waals surface area (Å²) >= 11 is 0. The van der Waals surface area contributed by atoms with Gasteiger partial charge in [0.2, 0.25) is 11.8 Å². The monoisotopic (exact) mass is 553 g/mol. The molecule has 0 saturated carbocycles. The number of rotatable bonds is 12. The Morgan fingerprint density at radius 3 is 2.33 bits per heavy atom. The summed E-state index contributed by atoms with van der Waals surface area (Å²) < 4.78 is 18.6. The smallest absolute Gasteiger partial charge is 0.224 e. The quantitative estimate of drug-likeness (QED) is 0.342. The Morgan fingerprint density at radius 1 is 0.950 bits per heavy atom. The summed E-state index contributed by atoms with van der Waals surface area (Å²) in [6.45, 7) is 8.37. The van der Waals surface area contributed by atoms with Gasteiger partial charge in [-0.2, -0.15) is 0 Å². The number of ether oxygens (including phenoxy) is 3. The average Bonchev–Trinajstić information content (AvgIpc) is 2.97. The van der Waals surface area contributed by atoms with Gasteiger partial charge in [0.1, 0.15) is 0 Å². The minimum absolute atomic E-state index is 0.00817. The summed E-state index contributed by atoms with van der Waals surface area (Å²) in [7, 11) is 0. The number of aliphatic hydroxyl groups is 1. The maximum Gasteiger partial charge on any atom is 0.224 e. The molecule has 9 nitrogen and oxygen atoms in total. The minimum Gasteiger partial charge on any atom is -0.392 e. The lowest BCUT2D eigenvalue weighted by Crippen LogP contribution is -2.47. The third-order valence-electron chi connectivity index (χ3n) is 7.59. The standard InChI is InChI=1S/C31H43N3O6/c1-22-28(20-34-16-18-38-19-17-34)39-31(40-30(22)25-9-7-24(21-35)8-10-25)26-11-13-27(14-12-26)33-29(37)6-4-3-5-15-32-23(2)36/h7-14,22,28,30-31,35H,3-6,15-21H2,1-2H3,(H,32,36)(H,33,37). The van der Waals surface area contributed by atoms with E-state index in [2.05, 4.69) is 22.5 Å². The molecule has 2 aromatic rings. The zero-order valence-electron chi connectivity index (χ0n) is 23.6. The maximum absolute atomic E-state index is 12.4. The molecule has 4 unspecified atom stereocenters. The van der Waals surface area contributed by atoms with Gasteiger partial charge in [-0.25, -0.2) is 0 Å². The highest BCUT2D eigenvalue weighted by Gasteiger charge is 2.39. The first kappa shape index (κ1) is 30.1. The van der Waals surface area contributed by atoms with Gasteiger partial charge >= 0.3 is 0 Å². The Kier molecular flexibility index (Phi) is 11.5. The molecule has 2 amide bonds. The number of benzene rings is 2. The first-order chi connectivity index (χ1) is 19.4. The van der Waals surface area contributed by atoms with Crippen molar-refractivity contribution in [1.82, 2.24) is 10.2 Å². The van der Waals surface area contributed by atoms with E-state index >= 15 is 0 Å². The van der Waals surface area contributed by atoms with E-state index in [1.54, 1.807) is 0 Å². The molecule has 2 fully saturated rings. The number of carbonyl (C=O) groups excluding carboxylic acids is 2. The topological polar surface area (TPSA) is 109 Å². The molecule has 2 aromatic carbocycles. The molecular formula is C31H43N3O6. The lowest BCUT2D eigenvalue weighted by atomic mass is 9.90. The number of anilines is 1. The van der Waals surface area contributed by atoms with Gasteiger partial charge in [-0.15, -0.1) is 0 Å². The molecular weight excluding hydrogens is 510 g/mol. The summed E-state index contributed by atoms with van der Waals surface area (Å²) in [6.07, 6.45) is 2.22. The highest BCUT2D eigenvalue weighted by atomic mass is 16.7. The highest BCUT2D eigenvalue weighted by molar-refractivity contribution is 5.90. The van der Waals surface area contributed by atoms with Crippen molar-refractivity contribution < 1.29 is 28.9 Å². The molecule has 218 valence electrons. The number of nitrogens with one attached hydrogen (secondary N) is 2. The van der Waals surface area contributed by atoms with E-state index in [0.717, 1.165) is 74.5 Å². The Morgan fingerprint density at radius 2 is 1.65 bits per heavy atom. The van der Waals surface area contributed by atoms with Gasteiger partial charge in [0, 0.05) is 56.7 Å². The van der Waals surface area contributed by atoms with Crippen LogP contribution in [0.2, 0.25) is 0 Å². The molecule has 9 heteroatoms. The number of amides is 2. The Bertz CT molecular complexity index is 1070. The van der Waals surface area contributed by atoms with Crippen LogP contribution in [0.25, 0.3) is 0 Å². The van der Waals surface area contributed by atoms with Gasteiger partial charge in [-0.1, -0.05) is 49.7 Å². The zero-order chi connectivity index (χ0) is 28.3. The lowest BCUT2D eigenvalue weighted by Gasteiger charge is -2.43. The lowest BCUT2D eigenvalue weighted by molar-refractivity contribution is -0.277. The summed E-state index contributed by atoms with van der Waals surface area (Å²) in [4.78, 5) is 25.7. The molecule has 0 bridgehead atoms. The van der Waals surface area contributed by atoms with Crippen molar-refractivity contribution in [3.8, 4) is 0 Å². The minimum atomic E-state index is -0.543. The molecule has 0 spiro atoms. The van der Waals surface area contributed by atoms with Crippen molar-refractivity contribution in [2.75, 3.05) is 44.7 Å². The van der Waals surface area contributed by atoms with E-state index < -0.39 is 6.29 Å². The Balaban J connectivity index is 1.38. The normalized spacial score (nSPS) is 23.5. The van der Waals surface area contributed by atoms with Crippen molar-refractivity contribution in [3.05, 3.63) is 65.2 Å². The summed E-state index contributed by atoms with van der Waals surface area (Å²) in [5.41, 5.74) is 3.56. The first-order valence-corrected chi connectivity index (χ1v) is 14.4. The summed E-state index contributed by atoms with van der Waals surface area (Å²) in [5, 5.41) is 15.2. The largest absolute Gasteiger partial charge is 0.392 e. The second kappa shape index (κ2) is 15.3. The molecule has 0 radical (unpaired) electrons. The van der Waals surface area contributed by atoms with Crippen molar-refractivity contribution in [2.45, 2.75) is 64.6 Å². The van der Waals surface area contributed by atoms with Gasteiger partial charge in [-0.05, 0) is 36.1 Å². The SMILES string of the molecule is CC(=O)NCCCCCC(=O)Nc1ccc(C2OC(CN3CCOCC3)C(C)C(c3ccc(CO)cc3)O2)cc1. The van der Waals surface area contributed by atoms with Crippen LogP contribution < -0.4 is 10.6 Å². The number of nitrogens with zero attached hydrogens (tertiary/aromatic N) is 1. The van der Waals surface area contributed by atoms with Crippen molar-refractivity contribution in [3.63, 3.8) is 0 Å². The van der Waals surface area contributed by atoms with E-state index in [-0.39, 0.29) is 36.5 Å². The molecule has 2 heterocycles. The highest BCUT2D eigenvalue weighted by Crippen LogP contribution is 2.42. The van der Waals surface area contributed by atoms with E-state index in [4.69, 9.17) is 14.2 Å². The predicted molar refractivity (Wildman–Crippen MR) is 152 cm³/mol. The van der Waals surface area contributed by atoms with E-state index in [1.807, 2.05) is 48.5 Å². The average molecular weight is 554 g/mol. The van der Waals surface area contributed by atoms with Gasteiger partial charge in [-0.3, -0.25) is 14.5 Å². The molecule has 0 aliphatic carbocycles. The third-order valence-corrected chi connectivity index (χ3v) is 7.59. The first-order valence-electron chi connectivity index (χ1n) is 14.4. The molecule has 2 aliphatic rings. The van der Waals surface area contributed by atoms with Gasteiger partial charge in [0.05, 0.1) is 32.0 Å². The van der Waals surface area contributed by atoms with Crippen LogP contribution in [0, 0.1) is 5.92 Å². The molecule has 40 heavy (non-hydrogen) atoms.